The summed E-state index contributed by atoms with van der Waals surface area (Å²) in [7, 11) is 0. The Hall–Kier alpha value is -0.963. The van der Waals surface area contributed by atoms with E-state index in [0.29, 0.717) is 0 Å². The molecule has 0 aliphatic heterocycles. The van der Waals surface area contributed by atoms with Crippen molar-refractivity contribution in [3.63, 3.8) is 0 Å². The second-order valence-electron chi connectivity index (χ2n) is 4.54. The first kappa shape index (κ1) is 12.5. The van der Waals surface area contributed by atoms with Crippen LogP contribution in [-0.2, 0) is 25.7 Å². The van der Waals surface area contributed by atoms with Crippen LogP contribution in [0.15, 0.2) is 42.5 Å². The quantitative estimate of drug-likeness (QED) is 0.439. The second-order valence-corrected chi connectivity index (χ2v) is 4.54. The van der Waals surface area contributed by atoms with Gasteiger partial charge in [-0.1, -0.05) is 30.7 Å². The van der Waals surface area contributed by atoms with Crippen molar-refractivity contribution >= 4 is 0 Å². The molecule has 0 fully saturated rings. The van der Waals surface area contributed by atoms with Gasteiger partial charge in [0.2, 0.25) is 0 Å². The Morgan fingerprint density at radius 3 is 1.76 bits per heavy atom. The summed E-state index contributed by atoms with van der Waals surface area (Å²) in [5.74, 6) is 0. The summed E-state index contributed by atoms with van der Waals surface area (Å²) in [5, 5.41) is 0. The van der Waals surface area contributed by atoms with Gasteiger partial charge in [-0.2, -0.15) is 35.4 Å². The Balaban J connectivity index is 0.00000108. The van der Waals surface area contributed by atoms with Crippen LogP contribution in [0.3, 0.4) is 0 Å². The van der Waals surface area contributed by atoms with E-state index >= 15 is 0 Å². The normalized spacial score (nSPS) is 13.6. The molecule has 17 heavy (non-hydrogen) atoms. The molecular formula is C16H15Li. The van der Waals surface area contributed by atoms with Gasteiger partial charge in [0.25, 0.3) is 0 Å². The Morgan fingerprint density at radius 2 is 1.18 bits per heavy atom. The summed E-state index contributed by atoms with van der Waals surface area (Å²) in [6.45, 7) is 0. The minimum Gasteiger partial charge on any atom is -0.180 e. The first-order valence-electron chi connectivity index (χ1n) is 5.97. The number of aryl methyl sites for hydroxylation is 4. The summed E-state index contributed by atoms with van der Waals surface area (Å²) in [4.78, 5) is 0. The van der Waals surface area contributed by atoms with Gasteiger partial charge >= 0.3 is 18.9 Å². The van der Waals surface area contributed by atoms with Gasteiger partial charge < -0.3 is 0 Å². The number of hydrogen-bond donors (Lipinski definition) is 0. The molecule has 2 aromatic carbocycles. The van der Waals surface area contributed by atoms with E-state index in [1.807, 2.05) is 0 Å². The maximum absolute atomic E-state index is 3.39. The van der Waals surface area contributed by atoms with E-state index in [9.17, 15) is 0 Å². The Labute approximate surface area is 115 Å². The van der Waals surface area contributed by atoms with Crippen molar-refractivity contribution in [1.82, 2.24) is 0 Å². The number of rotatable bonds is 0. The van der Waals surface area contributed by atoms with Gasteiger partial charge in [-0.3, -0.25) is 0 Å². The summed E-state index contributed by atoms with van der Waals surface area (Å²) in [6.07, 6.45) is 4.47. The van der Waals surface area contributed by atoms with E-state index in [1.165, 1.54) is 22.3 Å². The third-order valence-corrected chi connectivity index (χ3v) is 3.35. The van der Waals surface area contributed by atoms with Gasteiger partial charge in [-0.15, -0.1) is 0 Å². The average molecular weight is 214 g/mol. The van der Waals surface area contributed by atoms with Crippen LogP contribution in [0.25, 0.3) is 0 Å². The largest absolute Gasteiger partial charge is 1.00 e. The summed E-state index contributed by atoms with van der Waals surface area (Å²) in [5.41, 5.74) is 5.59. The van der Waals surface area contributed by atoms with Crippen LogP contribution in [0.2, 0.25) is 0 Å². The van der Waals surface area contributed by atoms with E-state index < -0.39 is 0 Å². The van der Waals surface area contributed by atoms with Crippen LogP contribution in [0, 0.1) is 6.07 Å². The molecule has 0 atom stereocenters. The van der Waals surface area contributed by atoms with E-state index in [2.05, 4.69) is 48.5 Å². The third kappa shape index (κ3) is 3.03. The van der Waals surface area contributed by atoms with Gasteiger partial charge in [0.1, 0.15) is 0 Å². The standard InChI is InChI=1S/C16H15.Li/c1-2-14-4-3-13(1)9-10-15-5-7-16(8-6-15)12-11-14;/h1-7H,9-12H2;/q-1;+1. The molecule has 0 aromatic heterocycles. The maximum atomic E-state index is 3.39. The summed E-state index contributed by atoms with van der Waals surface area (Å²) in [6, 6.07) is 19.1. The molecule has 0 heterocycles. The first-order chi connectivity index (χ1) is 7.90. The van der Waals surface area contributed by atoms with Crippen LogP contribution >= 0.6 is 0 Å². The molecule has 0 unspecified atom stereocenters. The summed E-state index contributed by atoms with van der Waals surface area (Å²) >= 11 is 0. The minimum atomic E-state index is 0. The van der Waals surface area contributed by atoms with Gasteiger partial charge in [0.15, 0.2) is 0 Å². The smallest absolute Gasteiger partial charge is 0.180 e. The van der Waals surface area contributed by atoms with Crippen molar-refractivity contribution in [1.29, 1.82) is 0 Å². The van der Waals surface area contributed by atoms with Gasteiger partial charge in [0.05, 0.1) is 0 Å². The molecule has 4 bridgehead atoms. The predicted molar refractivity (Wildman–Crippen MR) is 66.5 cm³/mol. The second kappa shape index (κ2) is 5.58. The van der Waals surface area contributed by atoms with Gasteiger partial charge in [-0.25, -0.2) is 0 Å². The van der Waals surface area contributed by atoms with Crippen LogP contribution in [0.1, 0.15) is 22.3 Å². The van der Waals surface area contributed by atoms with Crippen LogP contribution < -0.4 is 18.9 Å². The Kier molecular flexibility index (Phi) is 4.10. The number of benzene rings is 2. The molecule has 80 valence electrons. The van der Waals surface area contributed by atoms with Crippen molar-refractivity contribution in [3.05, 3.63) is 70.8 Å². The third-order valence-electron chi connectivity index (χ3n) is 3.35. The molecule has 4 aliphatic rings. The molecule has 0 saturated carbocycles. The minimum absolute atomic E-state index is 0. The Morgan fingerprint density at radius 1 is 0.647 bits per heavy atom. The topological polar surface area (TPSA) is 0 Å². The molecule has 6 rings (SSSR count). The van der Waals surface area contributed by atoms with Crippen molar-refractivity contribution in [3.8, 4) is 0 Å². The molecule has 0 saturated heterocycles. The molecule has 0 nitrogen and oxygen atoms in total. The van der Waals surface area contributed by atoms with Crippen LogP contribution in [0.5, 0.6) is 0 Å². The van der Waals surface area contributed by atoms with Crippen LogP contribution in [-0.4, -0.2) is 0 Å². The van der Waals surface area contributed by atoms with E-state index in [1.54, 1.807) is 0 Å². The molecule has 0 spiro atoms. The zero-order valence-electron chi connectivity index (χ0n) is 10.4. The first-order valence-corrected chi connectivity index (χ1v) is 5.97. The molecule has 0 radical (unpaired) electrons. The fourth-order valence-electron chi connectivity index (χ4n) is 2.24. The van der Waals surface area contributed by atoms with Crippen LogP contribution in [0.4, 0.5) is 0 Å². The molecule has 0 N–H and O–H groups in total. The van der Waals surface area contributed by atoms with E-state index in [4.69, 9.17) is 0 Å². The fourth-order valence-corrected chi connectivity index (χ4v) is 2.24. The molecule has 4 aliphatic carbocycles. The SMILES string of the molecule is [Li+].[c-]1cc2ccc1CCc1ccc(cc1)CC2. The number of hydrogen-bond acceptors (Lipinski definition) is 0. The predicted octanol–water partition coefficient (Wildman–Crippen LogP) is 0.375. The van der Waals surface area contributed by atoms with Crippen molar-refractivity contribution in [2.45, 2.75) is 25.7 Å². The zero-order chi connectivity index (χ0) is 10.8. The fraction of sp³-hybridized carbons (Fsp3) is 0.250. The molecular weight excluding hydrogens is 199 g/mol. The van der Waals surface area contributed by atoms with E-state index in [0.717, 1.165) is 25.7 Å². The monoisotopic (exact) mass is 214 g/mol. The van der Waals surface area contributed by atoms with Crippen molar-refractivity contribution < 1.29 is 18.9 Å². The van der Waals surface area contributed by atoms with Crippen molar-refractivity contribution in [2.24, 2.45) is 0 Å². The summed E-state index contributed by atoms with van der Waals surface area (Å²) < 4.78 is 0. The zero-order valence-corrected chi connectivity index (χ0v) is 10.4. The van der Waals surface area contributed by atoms with Crippen molar-refractivity contribution in [2.75, 3.05) is 0 Å². The average Bonchev–Trinajstić information content (AvgIpc) is 2.33. The van der Waals surface area contributed by atoms with Gasteiger partial charge in [-0.05, 0) is 30.4 Å². The maximum Gasteiger partial charge on any atom is 1.00 e. The Bertz CT molecular complexity index is 374. The molecule has 2 aromatic rings. The molecule has 1 heteroatoms. The molecule has 0 amide bonds. The van der Waals surface area contributed by atoms with E-state index in [-0.39, 0.29) is 18.9 Å². The van der Waals surface area contributed by atoms with Gasteiger partial charge in [0, 0.05) is 0 Å².